The first-order chi connectivity index (χ1) is 9.20. The van der Waals surface area contributed by atoms with Gasteiger partial charge in [0.2, 0.25) is 0 Å². The second kappa shape index (κ2) is 6.33. The normalized spacial score (nSPS) is 10.9. The van der Waals surface area contributed by atoms with Crippen molar-refractivity contribution >= 4 is 0 Å². The van der Waals surface area contributed by atoms with Gasteiger partial charge in [-0.25, -0.2) is 9.67 Å². The Bertz CT molecular complexity index is 522. The lowest BCUT2D eigenvalue weighted by Crippen LogP contribution is -2.18. The fourth-order valence-corrected chi connectivity index (χ4v) is 1.93. The molecule has 1 heterocycles. The van der Waals surface area contributed by atoms with Crippen molar-refractivity contribution in [3.05, 3.63) is 42.0 Å². The summed E-state index contributed by atoms with van der Waals surface area (Å²) in [5.74, 6) is 1.84. The van der Waals surface area contributed by atoms with Crippen LogP contribution in [0.25, 0.3) is 0 Å². The van der Waals surface area contributed by atoms with Crippen molar-refractivity contribution in [3.8, 4) is 5.75 Å². The summed E-state index contributed by atoms with van der Waals surface area (Å²) in [6, 6.07) is 8.37. The Morgan fingerprint density at radius 1 is 1.32 bits per heavy atom. The third kappa shape index (κ3) is 3.54. The zero-order chi connectivity index (χ0) is 13.7. The number of ether oxygens (including phenoxy) is 1. The van der Waals surface area contributed by atoms with Crippen molar-refractivity contribution in [2.45, 2.75) is 33.0 Å². The molecule has 0 saturated carbocycles. The van der Waals surface area contributed by atoms with Gasteiger partial charge in [-0.15, -0.1) is 0 Å². The fraction of sp³-hybridized carbons (Fsp3) is 0.429. The third-order valence-electron chi connectivity index (χ3n) is 2.88. The van der Waals surface area contributed by atoms with Gasteiger partial charge < -0.3 is 10.1 Å². The molecule has 0 aliphatic heterocycles. The van der Waals surface area contributed by atoms with Crippen molar-refractivity contribution < 1.29 is 4.74 Å². The number of nitrogens with one attached hydrogen (secondary N) is 1. The Labute approximate surface area is 113 Å². The van der Waals surface area contributed by atoms with E-state index in [0.717, 1.165) is 18.1 Å². The number of rotatable bonds is 6. The molecule has 0 aliphatic rings. The van der Waals surface area contributed by atoms with E-state index in [1.807, 2.05) is 22.9 Å². The van der Waals surface area contributed by atoms with Gasteiger partial charge in [-0.3, -0.25) is 0 Å². The largest absolute Gasteiger partial charge is 0.497 e. The van der Waals surface area contributed by atoms with Gasteiger partial charge in [0.25, 0.3) is 0 Å². The Kier molecular flexibility index (Phi) is 4.52. The van der Waals surface area contributed by atoms with E-state index in [1.54, 1.807) is 13.4 Å². The number of methoxy groups -OCH3 is 1. The summed E-state index contributed by atoms with van der Waals surface area (Å²) in [4.78, 5) is 4.27. The number of aromatic nitrogens is 3. The minimum atomic E-state index is 0.330. The topological polar surface area (TPSA) is 52.0 Å². The second-order valence-electron chi connectivity index (χ2n) is 4.67. The highest BCUT2D eigenvalue weighted by Gasteiger charge is 2.06. The van der Waals surface area contributed by atoms with Crippen LogP contribution in [0.2, 0.25) is 0 Å². The highest BCUT2D eigenvalue weighted by atomic mass is 16.5. The van der Waals surface area contributed by atoms with E-state index in [4.69, 9.17) is 4.74 Å². The predicted octanol–water partition coefficient (Wildman–Crippen LogP) is 2.16. The average molecular weight is 260 g/mol. The van der Waals surface area contributed by atoms with Crippen LogP contribution in [0, 0.1) is 0 Å². The molecule has 2 aromatic rings. The molecule has 5 nitrogen and oxygen atoms in total. The van der Waals surface area contributed by atoms with Gasteiger partial charge in [0.15, 0.2) is 0 Å². The maximum Gasteiger partial charge on any atom is 0.141 e. The van der Waals surface area contributed by atoms with Crippen LogP contribution in [0.15, 0.2) is 30.6 Å². The Morgan fingerprint density at radius 3 is 2.89 bits per heavy atom. The maximum atomic E-state index is 5.20. The van der Waals surface area contributed by atoms with Crippen LogP contribution in [-0.4, -0.2) is 21.9 Å². The average Bonchev–Trinajstić information content (AvgIpc) is 2.87. The molecule has 5 heteroatoms. The molecule has 0 fully saturated rings. The van der Waals surface area contributed by atoms with Crippen molar-refractivity contribution in [2.75, 3.05) is 7.11 Å². The quantitative estimate of drug-likeness (QED) is 0.864. The van der Waals surface area contributed by atoms with Crippen molar-refractivity contribution in [3.63, 3.8) is 0 Å². The van der Waals surface area contributed by atoms with Crippen LogP contribution in [-0.2, 0) is 13.1 Å². The summed E-state index contributed by atoms with van der Waals surface area (Å²) in [5, 5.41) is 7.59. The SMILES string of the molecule is COc1cccc(CNCc2ncnn2C(C)C)c1. The van der Waals surface area contributed by atoms with Gasteiger partial charge in [0.05, 0.1) is 13.7 Å². The molecule has 0 spiro atoms. The molecule has 19 heavy (non-hydrogen) atoms. The van der Waals surface area contributed by atoms with E-state index >= 15 is 0 Å². The molecule has 0 bridgehead atoms. The highest BCUT2D eigenvalue weighted by molar-refractivity contribution is 5.28. The Hall–Kier alpha value is -1.88. The summed E-state index contributed by atoms with van der Waals surface area (Å²) in [7, 11) is 1.68. The lowest BCUT2D eigenvalue weighted by Gasteiger charge is -2.10. The van der Waals surface area contributed by atoms with Crippen LogP contribution < -0.4 is 10.1 Å². The molecule has 0 amide bonds. The van der Waals surface area contributed by atoms with Crippen molar-refractivity contribution in [2.24, 2.45) is 0 Å². The molecule has 2 rings (SSSR count). The van der Waals surface area contributed by atoms with E-state index in [-0.39, 0.29) is 0 Å². The first-order valence-electron chi connectivity index (χ1n) is 6.42. The van der Waals surface area contributed by atoms with E-state index in [9.17, 15) is 0 Å². The minimum Gasteiger partial charge on any atom is -0.497 e. The molecule has 1 N–H and O–H groups in total. The smallest absolute Gasteiger partial charge is 0.141 e. The summed E-state index contributed by atoms with van der Waals surface area (Å²) in [5.41, 5.74) is 1.19. The Balaban J connectivity index is 1.90. The number of hydrogen-bond acceptors (Lipinski definition) is 4. The molecule has 102 valence electrons. The molecule has 0 aliphatic carbocycles. The number of hydrogen-bond donors (Lipinski definition) is 1. The van der Waals surface area contributed by atoms with Crippen molar-refractivity contribution in [1.29, 1.82) is 0 Å². The Morgan fingerprint density at radius 2 is 2.16 bits per heavy atom. The molecule has 0 atom stereocenters. The first kappa shape index (κ1) is 13.5. The van der Waals surface area contributed by atoms with Gasteiger partial charge in [-0.2, -0.15) is 5.10 Å². The molecule has 1 aromatic heterocycles. The van der Waals surface area contributed by atoms with Crippen LogP contribution in [0.4, 0.5) is 0 Å². The zero-order valence-corrected chi connectivity index (χ0v) is 11.6. The van der Waals surface area contributed by atoms with Gasteiger partial charge >= 0.3 is 0 Å². The zero-order valence-electron chi connectivity index (χ0n) is 11.6. The van der Waals surface area contributed by atoms with Gasteiger partial charge in [0, 0.05) is 12.6 Å². The number of nitrogens with zero attached hydrogens (tertiary/aromatic N) is 3. The monoisotopic (exact) mass is 260 g/mol. The van der Waals surface area contributed by atoms with Gasteiger partial charge in [-0.05, 0) is 31.5 Å². The fourth-order valence-electron chi connectivity index (χ4n) is 1.93. The van der Waals surface area contributed by atoms with E-state index in [0.29, 0.717) is 12.6 Å². The van der Waals surface area contributed by atoms with E-state index < -0.39 is 0 Å². The second-order valence-corrected chi connectivity index (χ2v) is 4.67. The molecular formula is C14H20N4O. The first-order valence-corrected chi connectivity index (χ1v) is 6.42. The lowest BCUT2D eigenvalue weighted by molar-refractivity contribution is 0.414. The van der Waals surface area contributed by atoms with E-state index in [2.05, 4.69) is 35.3 Å². The highest BCUT2D eigenvalue weighted by Crippen LogP contribution is 2.12. The van der Waals surface area contributed by atoms with Crippen LogP contribution in [0.3, 0.4) is 0 Å². The predicted molar refractivity (Wildman–Crippen MR) is 73.9 cm³/mol. The molecule has 1 aromatic carbocycles. The lowest BCUT2D eigenvalue weighted by atomic mass is 10.2. The maximum absolute atomic E-state index is 5.20. The molecule has 0 saturated heterocycles. The summed E-state index contributed by atoms with van der Waals surface area (Å²) < 4.78 is 7.13. The van der Waals surface area contributed by atoms with Gasteiger partial charge in [-0.1, -0.05) is 12.1 Å². The number of benzene rings is 1. The van der Waals surface area contributed by atoms with Crippen LogP contribution in [0.5, 0.6) is 5.75 Å². The molecule has 0 radical (unpaired) electrons. The van der Waals surface area contributed by atoms with Gasteiger partial charge in [0.1, 0.15) is 17.9 Å². The summed E-state index contributed by atoms with van der Waals surface area (Å²) in [6.07, 6.45) is 1.60. The minimum absolute atomic E-state index is 0.330. The standard InChI is InChI=1S/C14H20N4O/c1-11(2)18-14(16-10-17-18)9-15-8-12-5-4-6-13(7-12)19-3/h4-7,10-11,15H,8-9H2,1-3H3. The molecular weight excluding hydrogens is 240 g/mol. The summed E-state index contributed by atoms with van der Waals surface area (Å²) in [6.45, 7) is 5.68. The van der Waals surface area contributed by atoms with Crippen molar-refractivity contribution in [1.82, 2.24) is 20.1 Å². The summed E-state index contributed by atoms with van der Waals surface area (Å²) >= 11 is 0. The third-order valence-corrected chi connectivity index (χ3v) is 2.88. The molecule has 0 unspecified atom stereocenters. The van der Waals surface area contributed by atoms with E-state index in [1.165, 1.54) is 5.56 Å². The van der Waals surface area contributed by atoms with Crippen LogP contribution in [0.1, 0.15) is 31.3 Å². The van der Waals surface area contributed by atoms with Crippen LogP contribution >= 0.6 is 0 Å².